The van der Waals surface area contributed by atoms with E-state index in [-0.39, 0.29) is 18.7 Å². The number of nitrogens with zero attached hydrogens (tertiary/aromatic N) is 2. The van der Waals surface area contributed by atoms with Crippen LogP contribution in [0.5, 0.6) is 0 Å². The fraction of sp³-hybridized carbons (Fsp3) is 0.917. The molecule has 100 valence electrons. The molecule has 1 aliphatic heterocycles. The van der Waals surface area contributed by atoms with Crippen LogP contribution in [-0.2, 0) is 9.53 Å². The first kappa shape index (κ1) is 14.4. The highest BCUT2D eigenvalue weighted by Gasteiger charge is 2.23. The zero-order valence-electron chi connectivity index (χ0n) is 11.1. The van der Waals surface area contributed by atoms with Gasteiger partial charge in [0, 0.05) is 25.7 Å². The number of ether oxygens (including phenoxy) is 1. The summed E-state index contributed by atoms with van der Waals surface area (Å²) in [5.74, 6) is -0.776. The van der Waals surface area contributed by atoms with Gasteiger partial charge >= 0.3 is 5.97 Å². The summed E-state index contributed by atoms with van der Waals surface area (Å²) in [5.41, 5.74) is 0. The molecule has 5 heteroatoms. The van der Waals surface area contributed by atoms with Crippen molar-refractivity contribution in [2.75, 3.05) is 39.3 Å². The van der Waals surface area contributed by atoms with Crippen molar-refractivity contribution < 1.29 is 14.6 Å². The zero-order valence-corrected chi connectivity index (χ0v) is 11.1. The Morgan fingerprint density at radius 3 is 2.82 bits per heavy atom. The zero-order chi connectivity index (χ0) is 12.8. The van der Waals surface area contributed by atoms with Gasteiger partial charge in [0.05, 0.1) is 19.3 Å². The Morgan fingerprint density at radius 1 is 1.59 bits per heavy atom. The van der Waals surface area contributed by atoms with E-state index in [0.717, 1.165) is 26.2 Å². The lowest BCUT2D eigenvalue weighted by Crippen LogP contribution is -2.49. The minimum Gasteiger partial charge on any atom is -0.480 e. The van der Waals surface area contributed by atoms with Crippen molar-refractivity contribution in [2.24, 2.45) is 0 Å². The van der Waals surface area contributed by atoms with Crippen molar-refractivity contribution in [1.29, 1.82) is 0 Å². The molecule has 0 aromatic heterocycles. The highest BCUT2D eigenvalue weighted by atomic mass is 16.5. The first-order valence-corrected chi connectivity index (χ1v) is 6.32. The van der Waals surface area contributed by atoms with Crippen LogP contribution >= 0.6 is 0 Å². The molecule has 0 radical (unpaired) electrons. The van der Waals surface area contributed by atoms with Gasteiger partial charge in [-0.05, 0) is 20.4 Å². The van der Waals surface area contributed by atoms with E-state index in [0.29, 0.717) is 6.54 Å². The molecule has 0 spiro atoms. The molecular formula is C12H24N2O3. The molecule has 1 aliphatic rings. The van der Waals surface area contributed by atoms with E-state index in [2.05, 4.69) is 11.8 Å². The Morgan fingerprint density at radius 2 is 2.29 bits per heavy atom. The third-order valence-electron chi connectivity index (χ3n) is 3.18. The van der Waals surface area contributed by atoms with Crippen LogP contribution in [0.3, 0.4) is 0 Å². The molecule has 0 saturated carbocycles. The van der Waals surface area contributed by atoms with E-state index in [9.17, 15) is 4.79 Å². The second-order valence-electron chi connectivity index (χ2n) is 4.80. The Balaban J connectivity index is 2.45. The minimum atomic E-state index is -0.776. The largest absolute Gasteiger partial charge is 0.480 e. The number of carboxylic acid groups (broad SMARTS) is 1. The SMILES string of the molecule is CCN1CCOC(CN(CC(=O)O)C(C)C)C1. The highest BCUT2D eigenvalue weighted by molar-refractivity contribution is 5.69. The summed E-state index contributed by atoms with van der Waals surface area (Å²) >= 11 is 0. The summed E-state index contributed by atoms with van der Waals surface area (Å²) in [4.78, 5) is 15.1. The predicted molar refractivity (Wildman–Crippen MR) is 66.2 cm³/mol. The van der Waals surface area contributed by atoms with Gasteiger partial charge in [-0.1, -0.05) is 6.92 Å². The monoisotopic (exact) mass is 244 g/mol. The smallest absolute Gasteiger partial charge is 0.317 e. The molecule has 1 fully saturated rings. The first-order chi connectivity index (χ1) is 8.02. The van der Waals surface area contributed by atoms with E-state index in [1.54, 1.807) is 0 Å². The summed E-state index contributed by atoms with van der Waals surface area (Å²) in [6, 6.07) is 0.228. The predicted octanol–water partition coefficient (Wildman–Crippen LogP) is 0.502. The Kier molecular flexibility index (Phi) is 5.88. The van der Waals surface area contributed by atoms with Gasteiger partial charge in [0.25, 0.3) is 0 Å². The third kappa shape index (κ3) is 5.02. The van der Waals surface area contributed by atoms with Crippen LogP contribution in [0.4, 0.5) is 0 Å². The Labute approximate surface area is 103 Å². The fourth-order valence-electron chi connectivity index (χ4n) is 2.07. The lowest BCUT2D eigenvalue weighted by Gasteiger charge is -2.36. The van der Waals surface area contributed by atoms with Crippen LogP contribution in [0.2, 0.25) is 0 Å². The molecular weight excluding hydrogens is 220 g/mol. The van der Waals surface area contributed by atoms with E-state index in [4.69, 9.17) is 9.84 Å². The third-order valence-corrected chi connectivity index (χ3v) is 3.18. The van der Waals surface area contributed by atoms with Gasteiger partial charge < -0.3 is 9.84 Å². The molecule has 1 N–H and O–H groups in total. The molecule has 17 heavy (non-hydrogen) atoms. The molecule has 0 aliphatic carbocycles. The Hall–Kier alpha value is -0.650. The summed E-state index contributed by atoms with van der Waals surface area (Å²) < 4.78 is 5.70. The van der Waals surface area contributed by atoms with Crippen LogP contribution in [0, 0.1) is 0 Å². The maximum atomic E-state index is 10.8. The van der Waals surface area contributed by atoms with Gasteiger partial charge in [-0.3, -0.25) is 14.6 Å². The quantitative estimate of drug-likeness (QED) is 0.737. The van der Waals surface area contributed by atoms with Crippen molar-refractivity contribution >= 4 is 5.97 Å². The maximum Gasteiger partial charge on any atom is 0.317 e. The van der Waals surface area contributed by atoms with Gasteiger partial charge in [-0.15, -0.1) is 0 Å². The summed E-state index contributed by atoms with van der Waals surface area (Å²) in [5, 5.41) is 8.87. The van der Waals surface area contributed by atoms with Crippen LogP contribution in [-0.4, -0.2) is 72.4 Å². The molecule has 0 aromatic rings. The first-order valence-electron chi connectivity index (χ1n) is 6.32. The van der Waals surface area contributed by atoms with Crippen LogP contribution < -0.4 is 0 Å². The number of hydrogen-bond donors (Lipinski definition) is 1. The highest BCUT2D eigenvalue weighted by Crippen LogP contribution is 2.08. The molecule has 0 bridgehead atoms. The van der Waals surface area contributed by atoms with E-state index >= 15 is 0 Å². The number of rotatable bonds is 6. The molecule has 1 saturated heterocycles. The van der Waals surface area contributed by atoms with Crippen LogP contribution in [0.15, 0.2) is 0 Å². The lowest BCUT2D eigenvalue weighted by atomic mass is 10.2. The molecule has 1 atom stereocenters. The van der Waals surface area contributed by atoms with E-state index < -0.39 is 5.97 Å². The molecule has 0 aromatic carbocycles. The number of aliphatic carboxylic acids is 1. The van der Waals surface area contributed by atoms with Crippen molar-refractivity contribution in [2.45, 2.75) is 32.9 Å². The Bertz CT molecular complexity index is 246. The molecule has 5 nitrogen and oxygen atoms in total. The minimum absolute atomic E-state index is 0.0870. The van der Waals surface area contributed by atoms with Crippen LogP contribution in [0.1, 0.15) is 20.8 Å². The van der Waals surface area contributed by atoms with Gasteiger partial charge in [-0.25, -0.2) is 0 Å². The number of likely N-dealkylation sites (N-methyl/N-ethyl adjacent to an activating group) is 1. The second-order valence-corrected chi connectivity index (χ2v) is 4.80. The standard InChI is InChI=1S/C12H24N2O3/c1-4-13-5-6-17-11(7-13)8-14(10(2)3)9-12(15)16/h10-11H,4-9H2,1-3H3,(H,15,16). The molecule has 1 rings (SSSR count). The maximum absolute atomic E-state index is 10.8. The van der Waals surface area contributed by atoms with Crippen molar-refractivity contribution in [3.63, 3.8) is 0 Å². The topological polar surface area (TPSA) is 53.0 Å². The number of carboxylic acids is 1. The van der Waals surface area contributed by atoms with Crippen molar-refractivity contribution in [1.82, 2.24) is 9.80 Å². The number of hydrogen-bond acceptors (Lipinski definition) is 4. The fourth-order valence-corrected chi connectivity index (χ4v) is 2.07. The average Bonchev–Trinajstić information content (AvgIpc) is 2.27. The summed E-state index contributed by atoms with van der Waals surface area (Å²) in [7, 11) is 0. The van der Waals surface area contributed by atoms with Crippen LogP contribution in [0.25, 0.3) is 0 Å². The van der Waals surface area contributed by atoms with E-state index in [1.165, 1.54) is 0 Å². The lowest BCUT2D eigenvalue weighted by molar-refractivity contribution is -0.139. The van der Waals surface area contributed by atoms with Gasteiger partial charge in [-0.2, -0.15) is 0 Å². The van der Waals surface area contributed by atoms with Gasteiger partial charge in [0.2, 0.25) is 0 Å². The average molecular weight is 244 g/mol. The van der Waals surface area contributed by atoms with Gasteiger partial charge in [0.15, 0.2) is 0 Å². The van der Waals surface area contributed by atoms with Gasteiger partial charge in [0.1, 0.15) is 0 Å². The molecule has 1 unspecified atom stereocenters. The molecule has 1 heterocycles. The van der Waals surface area contributed by atoms with E-state index in [1.807, 2.05) is 18.7 Å². The summed E-state index contributed by atoms with van der Waals surface area (Å²) in [6.07, 6.45) is 0.130. The number of morpholine rings is 1. The second kappa shape index (κ2) is 6.93. The van der Waals surface area contributed by atoms with Crippen molar-refractivity contribution in [3.8, 4) is 0 Å². The van der Waals surface area contributed by atoms with Crippen molar-refractivity contribution in [3.05, 3.63) is 0 Å². The number of carbonyl (C=O) groups is 1. The molecule has 0 amide bonds. The summed E-state index contributed by atoms with van der Waals surface area (Å²) in [6.45, 7) is 10.6. The normalized spacial score (nSPS) is 22.3.